The van der Waals surface area contributed by atoms with Gasteiger partial charge in [0.25, 0.3) is 0 Å². The van der Waals surface area contributed by atoms with Gasteiger partial charge in [0.2, 0.25) is 0 Å². The van der Waals surface area contributed by atoms with Gasteiger partial charge in [-0.2, -0.15) is 0 Å². The molecule has 18 heavy (non-hydrogen) atoms. The highest BCUT2D eigenvalue weighted by Gasteiger charge is 2.03. The first-order valence-electron chi connectivity index (χ1n) is 5.92. The molecule has 0 amide bonds. The Morgan fingerprint density at radius 2 is 1.72 bits per heavy atom. The summed E-state index contributed by atoms with van der Waals surface area (Å²) in [5, 5.41) is 10.2. The van der Waals surface area contributed by atoms with Crippen molar-refractivity contribution in [3.63, 3.8) is 0 Å². The average molecular weight is 235 g/mol. The molecule has 0 aliphatic rings. The fourth-order valence-corrected chi connectivity index (χ4v) is 2.14. The van der Waals surface area contributed by atoms with E-state index in [-0.39, 0.29) is 6.61 Å². The predicted molar refractivity (Wildman–Crippen MR) is 73.1 cm³/mol. The van der Waals surface area contributed by atoms with Crippen LogP contribution in [0.15, 0.2) is 60.8 Å². The maximum absolute atomic E-state index is 9.06. The molecule has 3 rings (SSSR count). The van der Waals surface area contributed by atoms with Crippen LogP contribution in [0.3, 0.4) is 0 Å². The molecule has 1 heterocycles. The first kappa shape index (κ1) is 10.9. The molecule has 0 aliphatic heterocycles. The van der Waals surface area contributed by atoms with Crippen LogP contribution < -0.4 is 0 Å². The number of hydrogen-bond donors (Lipinski definition) is 1. The van der Waals surface area contributed by atoms with E-state index in [0.29, 0.717) is 0 Å². The first-order chi connectivity index (χ1) is 8.88. The third-order valence-corrected chi connectivity index (χ3v) is 3.09. The van der Waals surface area contributed by atoms with E-state index in [9.17, 15) is 0 Å². The standard InChI is InChI=1S/C16H13NO/c18-11-12-6-8-13(9-7-12)14-3-1-5-16-15(14)4-2-10-17-16/h1-10,18H,11H2. The van der Waals surface area contributed by atoms with Crippen molar-refractivity contribution in [3.8, 4) is 11.1 Å². The maximum atomic E-state index is 9.06. The van der Waals surface area contributed by atoms with Gasteiger partial charge in [0.1, 0.15) is 0 Å². The van der Waals surface area contributed by atoms with E-state index in [1.54, 1.807) is 6.20 Å². The van der Waals surface area contributed by atoms with Gasteiger partial charge in [-0.25, -0.2) is 0 Å². The Morgan fingerprint density at radius 1 is 0.889 bits per heavy atom. The molecule has 0 bridgehead atoms. The van der Waals surface area contributed by atoms with Gasteiger partial charge >= 0.3 is 0 Å². The highest BCUT2D eigenvalue weighted by molar-refractivity contribution is 5.94. The molecule has 0 aliphatic carbocycles. The summed E-state index contributed by atoms with van der Waals surface area (Å²) >= 11 is 0. The summed E-state index contributed by atoms with van der Waals surface area (Å²) in [5.41, 5.74) is 4.24. The second kappa shape index (κ2) is 4.59. The second-order valence-electron chi connectivity index (χ2n) is 4.23. The molecule has 0 spiro atoms. The van der Waals surface area contributed by atoms with Crippen LogP contribution in [0.25, 0.3) is 22.0 Å². The Morgan fingerprint density at radius 3 is 2.50 bits per heavy atom. The van der Waals surface area contributed by atoms with E-state index < -0.39 is 0 Å². The molecule has 2 heteroatoms. The topological polar surface area (TPSA) is 33.1 Å². The molecular weight excluding hydrogens is 222 g/mol. The Bertz CT molecular complexity index is 669. The van der Waals surface area contributed by atoms with E-state index in [0.717, 1.165) is 22.0 Å². The minimum atomic E-state index is 0.0807. The predicted octanol–water partition coefficient (Wildman–Crippen LogP) is 3.39. The first-order valence-corrected chi connectivity index (χ1v) is 5.92. The largest absolute Gasteiger partial charge is 0.392 e. The third kappa shape index (κ3) is 1.87. The molecule has 0 saturated carbocycles. The fourth-order valence-electron chi connectivity index (χ4n) is 2.14. The summed E-state index contributed by atoms with van der Waals surface area (Å²) in [4.78, 5) is 4.36. The molecule has 0 fully saturated rings. The molecule has 0 saturated heterocycles. The molecule has 1 N–H and O–H groups in total. The van der Waals surface area contributed by atoms with Crippen molar-refractivity contribution in [2.45, 2.75) is 6.61 Å². The number of pyridine rings is 1. The Balaban J connectivity index is 2.18. The molecule has 88 valence electrons. The quantitative estimate of drug-likeness (QED) is 0.738. The molecule has 0 atom stereocenters. The monoisotopic (exact) mass is 235 g/mol. The van der Waals surface area contributed by atoms with Gasteiger partial charge in [-0.05, 0) is 28.8 Å². The Hall–Kier alpha value is -2.19. The number of fused-ring (bicyclic) bond motifs is 1. The minimum absolute atomic E-state index is 0.0807. The molecule has 0 unspecified atom stereocenters. The number of aromatic nitrogens is 1. The van der Waals surface area contributed by atoms with Gasteiger partial charge in [-0.1, -0.05) is 42.5 Å². The number of rotatable bonds is 2. The normalized spacial score (nSPS) is 10.7. The molecule has 1 aromatic heterocycles. The van der Waals surface area contributed by atoms with Crippen molar-refractivity contribution in [3.05, 3.63) is 66.4 Å². The zero-order chi connectivity index (χ0) is 12.4. The van der Waals surface area contributed by atoms with E-state index >= 15 is 0 Å². The maximum Gasteiger partial charge on any atom is 0.0708 e. The van der Waals surface area contributed by atoms with Crippen LogP contribution in [0.5, 0.6) is 0 Å². The van der Waals surface area contributed by atoms with Crippen LogP contribution >= 0.6 is 0 Å². The number of aliphatic hydroxyl groups is 1. The van der Waals surface area contributed by atoms with Crippen LogP contribution in [0.1, 0.15) is 5.56 Å². The van der Waals surface area contributed by atoms with Crippen LogP contribution in [0.2, 0.25) is 0 Å². The van der Waals surface area contributed by atoms with Crippen LogP contribution in [-0.4, -0.2) is 10.1 Å². The Labute approximate surface area is 106 Å². The van der Waals surface area contributed by atoms with Crippen molar-refractivity contribution in [2.75, 3.05) is 0 Å². The number of benzene rings is 2. The summed E-state index contributed by atoms with van der Waals surface area (Å²) in [6.45, 7) is 0.0807. The van der Waals surface area contributed by atoms with Gasteiger partial charge < -0.3 is 5.11 Å². The van der Waals surface area contributed by atoms with Crippen LogP contribution in [0, 0.1) is 0 Å². The van der Waals surface area contributed by atoms with Gasteiger partial charge in [0, 0.05) is 11.6 Å². The lowest BCUT2D eigenvalue weighted by Crippen LogP contribution is -1.85. The van der Waals surface area contributed by atoms with Crippen molar-refractivity contribution in [1.29, 1.82) is 0 Å². The summed E-state index contributed by atoms with van der Waals surface area (Å²) < 4.78 is 0. The third-order valence-electron chi connectivity index (χ3n) is 3.09. The van der Waals surface area contributed by atoms with Crippen LogP contribution in [0.4, 0.5) is 0 Å². The van der Waals surface area contributed by atoms with Gasteiger partial charge in [0.15, 0.2) is 0 Å². The lowest BCUT2D eigenvalue weighted by atomic mass is 10.00. The highest BCUT2D eigenvalue weighted by Crippen LogP contribution is 2.27. The van der Waals surface area contributed by atoms with Crippen molar-refractivity contribution < 1.29 is 5.11 Å². The van der Waals surface area contributed by atoms with Gasteiger partial charge in [-0.3, -0.25) is 4.98 Å². The zero-order valence-electron chi connectivity index (χ0n) is 9.88. The SMILES string of the molecule is OCc1ccc(-c2cccc3ncccc23)cc1. The van der Waals surface area contributed by atoms with Crippen molar-refractivity contribution >= 4 is 10.9 Å². The lowest BCUT2D eigenvalue weighted by Gasteiger charge is -2.06. The average Bonchev–Trinajstić information content (AvgIpc) is 2.47. The summed E-state index contributed by atoms with van der Waals surface area (Å²) in [5.74, 6) is 0. The molecular formula is C16H13NO. The van der Waals surface area contributed by atoms with E-state index in [4.69, 9.17) is 5.11 Å². The van der Waals surface area contributed by atoms with Gasteiger partial charge in [0.05, 0.1) is 12.1 Å². The second-order valence-corrected chi connectivity index (χ2v) is 4.23. The van der Waals surface area contributed by atoms with E-state index in [1.807, 2.05) is 42.5 Å². The smallest absolute Gasteiger partial charge is 0.0708 e. The molecule has 2 nitrogen and oxygen atoms in total. The van der Waals surface area contributed by atoms with Crippen molar-refractivity contribution in [2.24, 2.45) is 0 Å². The fraction of sp³-hybridized carbons (Fsp3) is 0.0625. The minimum Gasteiger partial charge on any atom is -0.392 e. The van der Waals surface area contributed by atoms with E-state index in [2.05, 4.69) is 17.1 Å². The highest BCUT2D eigenvalue weighted by atomic mass is 16.3. The van der Waals surface area contributed by atoms with Crippen LogP contribution in [-0.2, 0) is 6.61 Å². The number of hydrogen-bond acceptors (Lipinski definition) is 2. The molecule has 0 radical (unpaired) electrons. The summed E-state index contributed by atoms with van der Waals surface area (Å²) in [6.07, 6.45) is 1.81. The summed E-state index contributed by atoms with van der Waals surface area (Å²) in [7, 11) is 0. The zero-order valence-corrected chi connectivity index (χ0v) is 9.88. The van der Waals surface area contributed by atoms with Gasteiger partial charge in [-0.15, -0.1) is 0 Å². The summed E-state index contributed by atoms with van der Waals surface area (Å²) in [6, 6.07) is 18.1. The van der Waals surface area contributed by atoms with Crippen molar-refractivity contribution in [1.82, 2.24) is 4.98 Å². The number of aliphatic hydroxyl groups excluding tert-OH is 1. The molecule has 3 aromatic rings. The Kier molecular flexibility index (Phi) is 2.79. The lowest BCUT2D eigenvalue weighted by molar-refractivity contribution is 0.282. The number of nitrogens with zero attached hydrogens (tertiary/aromatic N) is 1. The van der Waals surface area contributed by atoms with E-state index in [1.165, 1.54) is 5.56 Å². The molecule has 2 aromatic carbocycles.